The van der Waals surface area contributed by atoms with E-state index in [4.69, 9.17) is 23.7 Å². The monoisotopic (exact) mass is 382 g/mol. The third kappa shape index (κ3) is 6.18. The highest BCUT2D eigenvalue weighted by atomic mass is 16.8. The first kappa shape index (κ1) is 21.1. The Labute approximate surface area is 158 Å². The smallest absolute Gasteiger partial charge is 0.330 e. The summed E-state index contributed by atoms with van der Waals surface area (Å²) >= 11 is 0. The van der Waals surface area contributed by atoms with Gasteiger partial charge in [-0.25, -0.2) is 4.79 Å². The highest BCUT2D eigenvalue weighted by Gasteiger charge is 2.45. The van der Waals surface area contributed by atoms with Crippen LogP contribution in [-0.4, -0.2) is 54.2 Å². The number of ether oxygens (including phenoxy) is 5. The second-order valence-corrected chi connectivity index (χ2v) is 6.95. The molecule has 0 N–H and O–H groups in total. The number of esters is 3. The van der Waals surface area contributed by atoms with Crippen molar-refractivity contribution in [2.24, 2.45) is 0 Å². The van der Waals surface area contributed by atoms with E-state index in [9.17, 15) is 14.4 Å². The number of hydrogen-bond donors (Lipinski definition) is 0. The van der Waals surface area contributed by atoms with E-state index in [1.54, 1.807) is 39.0 Å². The Kier molecular flexibility index (Phi) is 6.78. The molecule has 0 radical (unpaired) electrons. The molecule has 1 saturated heterocycles. The molecule has 2 rings (SSSR count). The summed E-state index contributed by atoms with van der Waals surface area (Å²) in [4.78, 5) is 34.1. The zero-order valence-corrected chi connectivity index (χ0v) is 16.2. The van der Waals surface area contributed by atoms with Gasteiger partial charge in [-0.2, -0.15) is 0 Å². The van der Waals surface area contributed by atoms with E-state index in [2.05, 4.69) is 0 Å². The fraction of sp³-hybridized carbons (Fsp3) is 0.632. The van der Waals surface area contributed by atoms with Crippen molar-refractivity contribution < 1.29 is 38.1 Å². The van der Waals surface area contributed by atoms with Gasteiger partial charge in [0.25, 0.3) is 0 Å². The van der Waals surface area contributed by atoms with Gasteiger partial charge in [0.05, 0.1) is 0 Å². The standard InChI is InChI=1S/C19H26O8/c1-11(23-12(2)20)14(24-13(3)21)9-10-16-18(27-19(4,5)26-16)15-7-6-8-17(22)25-15/h6,8-11,14-16,18H,7H2,1-5H3/b10-9+/t11-,14+,15-,16-,18-/m1/s1. The molecule has 8 heteroatoms. The molecule has 5 atom stereocenters. The van der Waals surface area contributed by atoms with Crippen LogP contribution in [0.1, 0.15) is 41.0 Å². The lowest BCUT2D eigenvalue weighted by atomic mass is 10.0. The molecule has 1 fully saturated rings. The molecule has 150 valence electrons. The van der Waals surface area contributed by atoms with E-state index in [0.29, 0.717) is 6.42 Å². The van der Waals surface area contributed by atoms with Crippen LogP contribution in [-0.2, 0) is 38.1 Å². The van der Waals surface area contributed by atoms with Crippen LogP contribution in [0.25, 0.3) is 0 Å². The molecule has 0 saturated carbocycles. The number of carbonyl (C=O) groups excluding carboxylic acids is 3. The van der Waals surface area contributed by atoms with Crippen LogP contribution in [0.15, 0.2) is 24.3 Å². The second kappa shape index (κ2) is 8.67. The summed E-state index contributed by atoms with van der Waals surface area (Å²) in [5, 5.41) is 0. The molecule has 2 aliphatic heterocycles. The van der Waals surface area contributed by atoms with Crippen molar-refractivity contribution >= 4 is 17.9 Å². The van der Waals surface area contributed by atoms with Crippen LogP contribution in [0.4, 0.5) is 0 Å². The first-order valence-electron chi connectivity index (χ1n) is 8.83. The van der Waals surface area contributed by atoms with E-state index in [-0.39, 0.29) is 0 Å². The highest BCUT2D eigenvalue weighted by Crippen LogP contribution is 2.33. The molecule has 0 aliphatic carbocycles. The molecule has 0 aromatic carbocycles. The minimum Gasteiger partial charge on any atom is -0.459 e. The molecular formula is C19H26O8. The maximum absolute atomic E-state index is 11.5. The van der Waals surface area contributed by atoms with Gasteiger partial charge in [0.1, 0.15) is 24.4 Å². The van der Waals surface area contributed by atoms with Crippen molar-refractivity contribution in [1.82, 2.24) is 0 Å². The first-order valence-corrected chi connectivity index (χ1v) is 8.83. The minimum atomic E-state index is -0.869. The van der Waals surface area contributed by atoms with E-state index >= 15 is 0 Å². The van der Waals surface area contributed by atoms with Crippen LogP contribution in [0.3, 0.4) is 0 Å². The summed E-state index contributed by atoms with van der Waals surface area (Å²) < 4.78 is 27.5. The molecular weight excluding hydrogens is 356 g/mol. The zero-order chi connectivity index (χ0) is 20.2. The third-order valence-electron chi connectivity index (χ3n) is 4.03. The molecule has 0 bridgehead atoms. The van der Waals surface area contributed by atoms with Crippen molar-refractivity contribution in [1.29, 1.82) is 0 Å². The number of cyclic esters (lactones) is 1. The Morgan fingerprint density at radius 2 is 1.89 bits per heavy atom. The molecule has 0 spiro atoms. The highest BCUT2D eigenvalue weighted by molar-refractivity contribution is 5.82. The van der Waals surface area contributed by atoms with Crippen LogP contribution in [0.2, 0.25) is 0 Å². The predicted octanol–water partition coefficient (Wildman–Crippen LogP) is 1.82. The SMILES string of the molecule is CC(=O)O[C@@H](/C=C/[C@H]1OC(C)(C)O[C@@H]1[C@H]1CC=CC(=O)O1)[C@@H](C)OC(C)=O. The van der Waals surface area contributed by atoms with Crippen molar-refractivity contribution in [3.63, 3.8) is 0 Å². The molecule has 0 unspecified atom stereocenters. The van der Waals surface area contributed by atoms with Crippen LogP contribution >= 0.6 is 0 Å². The van der Waals surface area contributed by atoms with Gasteiger partial charge >= 0.3 is 17.9 Å². The molecule has 27 heavy (non-hydrogen) atoms. The molecule has 0 aromatic heterocycles. The summed E-state index contributed by atoms with van der Waals surface area (Å²) in [7, 11) is 0. The molecule has 8 nitrogen and oxygen atoms in total. The van der Waals surface area contributed by atoms with E-state index in [1.165, 1.54) is 19.9 Å². The quantitative estimate of drug-likeness (QED) is 0.390. The largest absolute Gasteiger partial charge is 0.459 e. The average molecular weight is 382 g/mol. The van der Waals surface area contributed by atoms with Crippen molar-refractivity contribution in [2.75, 3.05) is 0 Å². The molecule has 0 aromatic rings. The number of carbonyl (C=O) groups is 3. The summed E-state index contributed by atoms with van der Waals surface area (Å²) in [5.74, 6) is -2.28. The van der Waals surface area contributed by atoms with Gasteiger partial charge in [0.2, 0.25) is 0 Å². The Morgan fingerprint density at radius 1 is 1.22 bits per heavy atom. The normalized spacial score (nSPS) is 29.2. The predicted molar refractivity (Wildman–Crippen MR) is 93.4 cm³/mol. The van der Waals surface area contributed by atoms with Gasteiger partial charge < -0.3 is 23.7 Å². The number of hydrogen-bond acceptors (Lipinski definition) is 8. The molecule has 0 amide bonds. The van der Waals surface area contributed by atoms with Crippen LogP contribution < -0.4 is 0 Å². The Bertz CT molecular complexity index is 636. The molecule has 2 aliphatic rings. The Morgan fingerprint density at radius 3 is 2.48 bits per heavy atom. The minimum absolute atomic E-state index is 0.427. The van der Waals surface area contributed by atoms with E-state index in [0.717, 1.165) is 0 Å². The maximum atomic E-state index is 11.5. The fourth-order valence-electron chi connectivity index (χ4n) is 3.02. The van der Waals surface area contributed by atoms with Gasteiger partial charge in [-0.1, -0.05) is 12.2 Å². The van der Waals surface area contributed by atoms with Crippen molar-refractivity contribution in [2.45, 2.75) is 77.3 Å². The van der Waals surface area contributed by atoms with E-state index in [1.807, 2.05) is 0 Å². The van der Waals surface area contributed by atoms with Gasteiger partial charge in [-0.3, -0.25) is 9.59 Å². The second-order valence-electron chi connectivity index (χ2n) is 6.95. The van der Waals surface area contributed by atoms with Crippen LogP contribution in [0, 0.1) is 0 Å². The topological polar surface area (TPSA) is 97.4 Å². The van der Waals surface area contributed by atoms with E-state index < -0.39 is 54.2 Å². The maximum Gasteiger partial charge on any atom is 0.330 e. The lowest BCUT2D eigenvalue weighted by molar-refractivity contribution is -0.168. The average Bonchev–Trinajstić information content (AvgIpc) is 2.85. The lowest BCUT2D eigenvalue weighted by Gasteiger charge is -2.26. The van der Waals surface area contributed by atoms with Gasteiger partial charge in [0, 0.05) is 26.3 Å². The zero-order valence-electron chi connectivity index (χ0n) is 16.2. The Balaban J connectivity index is 2.15. The third-order valence-corrected chi connectivity index (χ3v) is 4.03. The summed E-state index contributed by atoms with van der Waals surface area (Å²) in [6, 6.07) is 0. The molecule has 2 heterocycles. The Hall–Kier alpha value is -2.19. The van der Waals surface area contributed by atoms with Crippen molar-refractivity contribution in [3.05, 3.63) is 24.3 Å². The van der Waals surface area contributed by atoms with Gasteiger partial charge in [0.15, 0.2) is 11.9 Å². The summed E-state index contributed by atoms with van der Waals surface area (Å²) in [6.45, 7) is 7.71. The van der Waals surface area contributed by atoms with Gasteiger partial charge in [-0.15, -0.1) is 0 Å². The van der Waals surface area contributed by atoms with Crippen LogP contribution in [0.5, 0.6) is 0 Å². The lowest BCUT2D eigenvalue weighted by Crippen LogP contribution is -2.39. The van der Waals surface area contributed by atoms with Gasteiger partial charge in [-0.05, 0) is 26.8 Å². The first-order chi connectivity index (χ1) is 12.6. The number of rotatable bonds is 6. The summed E-state index contributed by atoms with van der Waals surface area (Å²) in [6.07, 6.45) is 3.89. The fourth-order valence-corrected chi connectivity index (χ4v) is 3.02. The summed E-state index contributed by atoms with van der Waals surface area (Å²) in [5.41, 5.74) is 0. The van der Waals surface area contributed by atoms with Crippen molar-refractivity contribution in [3.8, 4) is 0 Å².